The maximum Gasteiger partial charge on any atom is 0.416 e. The molecule has 0 saturated carbocycles. The second-order valence-electron chi connectivity index (χ2n) is 6.78. The van der Waals surface area contributed by atoms with Crippen molar-refractivity contribution in [2.24, 2.45) is 0 Å². The summed E-state index contributed by atoms with van der Waals surface area (Å²) in [5.74, 6) is 0. The van der Waals surface area contributed by atoms with Crippen molar-refractivity contribution < 1.29 is 22.7 Å². The Kier molecular flexibility index (Phi) is 5.37. The average Bonchev–Trinajstić information content (AvgIpc) is 2.83. The van der Waals surface area contributed by atoms with Gasteiger partial charge in [-0.1, -0.05) is 15.9 Å². The van der Waals surface area contributed by atoms with E-state index < -0.39 is 23.4 Å². The highest BCUT2D eigenvalue weighted by Gasteiger charge is 2.32. The number of anilines is 1. The fourth-order valence-electron chi connectivity index (χ4n) is 2.44. The van der Waals surface area contributed by atoms with Gasteiger partial charge in [0.15, 0.2) is 0 Å². The number of carbonyl (C=O) groups is 1. The van der Waals surface area contributed by atoms with Crippen molar-refractivity contribution in [1.82, 2.24) is 4.90 Å². The molecular weight excluding hydrogens is 389 g/mol. The topological polar surface area (TPSA) is 41.6 Å². The zero-order valence-corrected chi connectivity index (χ0v) is 15.3. The highest BCUT2D eigenvalue weighted by molar-refractivity contribution is 9.10. The minimum atomic E-state index is -4.40. The zero-order valence-electron chi connectivity index (χ0n) is 13.7. The highest BCUT2D eigenvalue weighted by Crippen LogP contribution is 2.34. The van der Waals surface area contributed by atoms with E-state index in [1.54, 1.807) is 31.7 Å². The van der Waals surface area contributed by atoms with E-state index in [1.807, 2.05) is 0 Å². The Labute approximate surface area is 147 Å². The van der Waals surface area contributed by atoms with Crippen LogP contribution in [0.1, 0.15) is 32.8 Å². The van der Waals surface area contributed by atoms with Crippen LogP contribution in [0, 0.1) is 0 Å². The van der Waals surface area contributed by atoms with Gasteiger partial charge in [0.2, 0.25) is 0 Å². The van der Waals surface area contributed by atoms with Gasteiger partial charge in [0.05, 0.1) is 5.56 Å². The van der Waals surface area contributed by atoms with E-state index >= 15 is 0 Å². The molecule has 1 aromatic carbocycles. The lowest BCUT2D eigenvalue weighted by atomic mass is 10.1. The van der Waals surface area contributed by atoms with E-state index in [-0.39, 0.29) is 6.04 Å². The van der Waals surface area contributed by atoms with Crippen LogP contribution >= 0.6 is 15.9 Å². The molecule has 8 heteroatoms. The van der Waals surface area contributed by atoms with Gasteiger partial charge >= 0.3 is 12.3 Å². The molecule has 0 aromatic heterocycles. The molecule has 1 atom stereocenters. The average molecular weight is 409 g/mol. The molecule has 1 aliphatic heterocycles. The SMILES string of the molecule is CC(C)(C)OC(=O)N1CC[C@H](Nc2cc(Br)cc(C(F)(F)F)c2)C1. The van der Waals surface area contributed by atoms with E-state index in [1.165, 1.54) is 0 Å². The number of nitrogens with one attached hydrogen (secondary N) is 1. The molecule has 4 nitrogen and oxygen atoms in total. The number of hydrogen-bond donors (Lipinski definition) is 1. The van der Waals surface area contributed by atoms with Crippen LogP contribution in [0.4, 0.5) is 23.7 Å². The Morgan fingerprint density at radius 3 is 2.54 bits per heavy atom. The van der Waals surface area contributed by atoms with Gasteiger partial charge in [0.25, 0.3) is 0 Å². The number of halogens is 4. The van der Waals surface area contributed by atoms with Crippen molar-refractivity contribution in [3.63, 3.8) is 0 Å². The minimum absolute atomic E-state index is 0.118. The zero-order chi connectivity index (χ0) is 18.1. The fraction of sp³-hybridized carbons (Fsp3) is 0.562. The smallest absolute Gasteiger partial charge is 0.416 e. The standard InChI is InChI=1S/C16H20BrF3N2O2/c1-15(2,3)24-14(23)22-5-4-12(9-22)21-13-7-10(16(18,19)20)6-11(17)8-13/h6-8,12,21H,4-5,9H2,1-3H3/t12-/m0/s1. The van der Waals surface area contributed by atoms with Crippen LogP contribution in [0.15, 0.2) is 22.7 Å². The highest BCUT2D eigenvalue weighted by atomic mass is 79.9. The van der Waals surface area contributed by atoms with Crippen molar-refractivity contribution >= 4 is 27.7 Å². The number of hydrogen-bond acceptors (Lipinski definition) is 3. The molecule has 0 bridgehead atoms. The number of likely N-dealkylation sites (tertiary alicyclic amines) is 1. The first-order chi connectivity index (χ1) is 10.9. The van der Waals surface area contributed by atoms with Gasteiger partial charge < -0.3 is 15.0 Å². The van der Waals surface area contributed by atoms with Crippen molar-refractivity contribution in [2.45, 2.75) is 45.0 Å². The third-order valence-corrected chi connectivity index (χ3v) is 3.89. The number of benzene rings is 1. The van der Waals surface area contributed by atoms with Gasteiger partial charge in [-0.3, -0.25) is 0 Å². The molecule has 1 heterocycles. The molecule has 1 N–H and O–H groups in total. The summed E-state index contributed by atoms with van der Waals surface area (Å²) in [7, 11) is 0. The first-order valence-corrected chi connectivity index (χ1v) is 8.35. The van der Waals surface area contributed by atoms with Gasteiger partial charge in [-0.05, 0) is 45.4 Å². The van der Waals surface area contributed by atoms with E-state index in [0.29, 0.717) is 29.7 Å². The van der Waals surface area contributed by atoms with Crippen LogP contribution in [0.3, 0.4) is 0 Å². The molecule has 1 amide bonds. The Balaban J connectivity index is 2.01. The first-order valence-electron chi connectivity index (χ1n) is 7.56. The Hall–Kier alpha value is -1.44. The summed E-state index contributed by atoms with van der Waals surface area (Å²) in [6, 6.07) is 3.58. The molecule has 1 saturated heterocycles. The maximum absolute atomic E-state index is 12.9. The molecular formula is C16H20BrF3N2O2. The van der Waals surface area contributed by atoms with Gasteiger partial charge in [-0.2, -0.15) is 13.2 Å². The molecule has 0 aliphatic carbocycles. The van der Waals surface area contributed by atoms with Crippen molar-refractivity contribution in [3.05, 3.63) is 28.2 Å². The van der Waals surface area contributed by atoms with Crippen LogP contribution in [-0.4, -0.2) is 35.7 Å². The predicted octanol–water partition coefficient (Wildman–Crippen LogP) is 4.89. The van der Waals surface area contributed by atoms with Crippen molar-refractivity contribution in [3.8, 4) is 0 Å². The Morgan fingerprint density at radius 1 is 1.29 bits per heavy atom. The molecule has 2 rings (SSSR count). The molecule has 1 fully saturated rings. The lowest BCUT2D eigenvalue weighted by Crippen LogP contribution is -2.36. The normalized spacial score (nSPS) is 18.6. The largest absolute Gasteiger partial charge is 0.444 e. The van der Waals surface area contributed by atoms with Gasteiger partial charge in [0.1, 0.15) is 5.60 Å². The van der Waals surface area contributed by atoms with Crippen LogP contribution in [-0.2, 0) is 10.9 Å². The number of alkyl halides is 3. The Morgan fingerprint density at radius 2 is 1.96 bits per heavy atom. The van der Waals surface area contributed by atoms with Crippen LogP contribution in [0.25, 0.3) is 0 Å². The van der Waals surface area contributed by atoms with E-state index in [9.17, 15) is 18.0 Å². The fourth-order valence-corrected chi connectivity index (χ4v) is 2.94. The van der Waals surface area contributed by atoms with Crippen LogP contribution in [0.5, 0.6) is 0 Å². The lowest BCUT2D eigenvalue weighted by molar-refractivity contribution is -0.137. The monoisotopic (exact) mass is 408 g/mol. The quantitative estimate of drug-likeness (QED) is 0.757. The number of carbonyl (C=O) groups excluding carboxylic acids is 1. The summed E-state index contributed by atoms with van der Waals surface area (Å²) in [4.78, 5) is 13.6. The van der Waals surface area contributed by atoms with Gasteiger partial charge in [0, 0.05) is 29.3 Å². The summed E-state index contributed by atoms with van der Waals surface area (Å²) < 4.78 is 44.3. The summed E-state index contributed by atoms with van der Waals surface area (Å²) in [5.41, 5.74) is -0.928. The predicted molar refractivity (Wildman–Crippen MR) is 89.0 cm³/mol. The number of nitrogens with zero attached hydrogens (tertiary/aromatic N) is 1. The minimum Gasteiger partial charge on any atom is -0.444 e. The van der Waals surface area contributed by atoms with Crippen molar-refractivity contribution in [1.29, 1.82) is 0 Å². The lowest BCUT2D eigenvalue weighted by Gasteiger charge is -2.24. The third-order valence-electron chi connectivity index (χ3n) is 3.44. The second kappa shape index (κ2) is 6.82. The van der Waals surface area contributed by atoms with Gasteiger partial charge in [-0.15, -0.1) is 0 Å². The van der Waals surface area contributed by atoms with Gasteiger partial charge in [-0.25, -0.2) is 4.79 Å². The summed E-state index contributed by atoms with van der Waals surface area (Å²) in [6.45, 7) is 6.26. The van der Waals surface area contributed by atoms with E-state index in [4.69, 9.17) is 4.74 Å². The number of rotatable bonds is 2. The summed E-state index contributed by atoms with van der Waals surface area (Å²) in [5, 5.41) is 3.06. The molecule has 0 unspecified atom stereocenters. The van der Waals surface area contributed by atoms with Crippen LogP contribution < -0.4 is 5.32 Å². The third kappa shape index (κ3) is 5.29. The van der Waals surface area contributed by atoms with E-state index in [2.05, 4.69) is 21.2 Å². The Bertz CT molecular complexity index is 614. The first kappa shape index (κ1) is 18.9. The van der Waals surface area contributed by atoms with Crippen molar-refractivity contribution in [2.75, 3.05) is 18.4 Å². The maximum atomic E-state index is 12.9. The molecule has 1 aliphatic rings. The summed E-state index contributed by atoms with van der Waals surface area (Å²) >= 11 is 3.10. The number of amides is 1. The molecule has 1 aromatic rings. The molecule has 134 valence electrons. The van der Waals surface area contributed by atoms with Crippen LogP contribution in [0.2, 0.25) is 0 Å². The molecule has 0 radical (unpaired) electrons. The summed E-state index contributed by atoms with van der Waals surface area (Å²) in [6.07, 6.45) is -4.16. The molecule has 0 spiro atoms. The molecule has 24 heavy (non-hydrogen) atoms. The van der Waals surface area contributed by atoms with E-state index in [0.717, 1.165) is 12.1 Å². The second-order valence-corrected chi connectivity index (χ2v) is 7.70. The number of ether oxygens (including phenoxy) is 1.